The Kier molecular flexibility index (Phi) is 4.28. The fraction of sp³-hybridized carbons (Fsp3) is 0.625. The van der Waals surface area contributed by atoms with Crippen molar-refractivity contribution in [3.63, 3.8) is 0 Å². The molecule has 0 aromatic heterocycles. The van der Waals surface area contributed by atoms with Crippen LogP contribution in [0.25, 0.3) is 0 Å². The molecule has 1 unspecified atom stereocenters. The van der Waals surface area contributed by atoms with E-state index in [-0.39, 0.29) is 0 Å². The Labute approximate surface area is 111 Å². The molecule has 1 aliphatic carbocycles. The predicted octanol–water partition coefficient (Wildman–Crippen LogP) is 4.03. The molecule has 2 rings (SSSR count). The second-order valence-electron chi connectivity index (χ2n) is 5.51. The Hall–Kier alpha value is -1.02. The molecule has 100 valence electrons. The predicted molar refractivity (Wildman–Crippen MR) is 75.9 cm³/mol. The Balaban J connectivity index is 2.21. The van der Waals surface area contributed by atoms with E-state index < -0.39 is 0 Å². The lowest BCUT2D eigenvalue weighted by Gasteiger charge is -2.34. The highest BCUT2D eigenvalue weighted by molar-refractivity contribution is 5.37. The van der Waals surface area contributed by atoms with E-state index in [2.05, 4.69) is 31.7 Å². The third-order valence-corrected chi connectivity index (χ3v) is 4.29. The van der Waals surface area contributed by atoms with Gasteiger partial charge in [-0.1, -0.05) is 37.5 Å². The van der Waals surface area contributed by atoms with Crippen LogP contribution in [0.2, 0.25) is 0 Å². The molecule has 0 bridgehead atoms. The number of benzene rings is 1. The molecule has 1 atom stereocenters. The van der Waals surface area contributed by atoms with Crippen LogP contribution < -0.4 is 0 Å². The number of hydrogen-bond donors (Lipinski definition) is 1. The van der Waals surface area contributed by atoms with Gasteiger partial charge in [-0.25, -0.2) is 0 Å². The second kappa shape index (κ2) is 5.75. The lowest BCUT2D eigenvalue weighted by Crippen LogP contribution is -2.35. The highest BCUT2D eigenvalue weighted by atomic mass is 16.3. The zero-order valence-corrected chi connectivity index (χ0v) is 11.8. The van der Waals surface area contributed by atoms with Crippen LogP contribution in [0.5, 0.6) is 5.75 Å². The number of hydrogen-bond acceptors (Lipinski definition) is 2. The summed E-state index contributed by atoms with van der Waals surface area (Å²) in [5.74, 6) is 0.435. The molecule has 1 aliphatic rings. The van der Waals surface area contributed by atoms with Gasteiger partial charge in [0.15, 0.2) is 0 Å². The van der Waals surface area contributed by atoms with E-state index in [0.717, 1.165) is 12.1 Å². The van der Waals surface area contributed by atoms with E-state index in [1.807, 2.05) is 12.1 Å². The maximum atomic E-state index is 10.1. The molecule has 2 nitrogen and oxygen atoms in total. The summed E-state index contributed by atoms with van der Waals surface area (Å²) in [5.41, 5.74) is 2.29. The van der Waals surface area contributed by atoms with Crippen LogP contribution >= 0.6 is 0 Å². The topological polar surface area (TPSA) is 23.5 Å². The largest absolute Gasteiger partial charge is 0.508 e. The minimum atomic E-state index is 0.304. The van der Waals surface area contributed by atoms with Gasteiger partial charge in [0.1, 0.15) is 5.75 Å². The first-order valence-corrected chi connectivity index (χ1v) is 7.18. The fourth-order valence-electron chi connectivity index (χ4n) is 3.27. The van der Waals surface area contributed by atoms with Crippen LogP contribution in [-0.2, 0) is 0 Å². The summed E-state index contributed by atoms with van der Waals surface area (Å²) < 4.78 is 0. The van der Waals surface area contributed by atoms with Crippen LogP contribution in [0, 0.1) is 6.92 Å². The van der Waals surface area contributed by atoms with Crippen molar-refractivity contribution >= 4 is 0 Å². The molecule has 0 amide bonds. The maximum absolute atomic E-state index is 10.1. The van der Waals surface area contributed by atoms with E-state index in [4.69, 9.17) is 0 Å². The highest BCUT2D eigenvalue weighted by Gasteiger charge is 2.27. The summed E-state index contributed by atoms with van der Waals surface area (Å²) in [4.78, 5) is 2.54. The van der Waals surface area contributed by atoms with Gasteiger partial charge >= 0.3 is 0 Å². The molecular formula is C16H25NO. The van der Waals surface area contributed by atoms with Gasteiger partial charge in [-0.3, -0.25) is 4.90 Å². The first-order valence-electron chi connectivity index (χ1n) is 7.18. The zero-order chi connectivity index (χ0) is 13.1. The van der Waals surface area contributed by atoms with E-state index in [9.17, 15) is 5.11 Å². The van der Waals surface area contributed by atoms with Gasteiger partial charge < -0.3 is 5.11 Å². The van der Waals surface area contributed by atoms with Gasteiger partial charge in [0.25, 0.3) is 0 Å². The molecule has 1 aromatic rings. The molecule has 2 heteroatoms. The molecule has 1 N–H and O–H groups in total. The number of phenolic OH excluding ortho intramolecular Hbond substituents is 1. The van der Waals surface area contributed by atoms with Gasteiger partial charge in [-0.05, 0) is 39.3 Å². The summed E-state index contributed by atoms with van der Waals surface area (Å²) in [5, 5.41) is 10.1. The van der Waals surface area contributed by atoms with Crippen molar-refractivity contribution in [1.29, 1.82) is 0 Å². The van der Waals surface area contributed by atoms with E-state index >= 15 is 0 Å². The third-order valence-electron chi connectivity index (χ3n) is 4.29. The molecule has 18 heavy (non-hydrogen) atoms. The summed E-state index contributed by atoms with van der Waals surface area (Å²) in [6.45, 7) is 7.58. The molecule has 1 aromatic carbocycles. The smallest absolute Gasteiger partial charge is 0.120 e. The van der Waals surface area contributed by atoms with Crippen molar-refractivity contribution in [3.8, 4) is 5.75 Å². The normalized spacial score (nSPS) is 18.4. The Morgan fingerprint density at radius 3 is 2.61 bits per heavy atom. The lowest BCUT2D eigenvalue weighted by atomic mass is 10.0. The molecule has 0 saturated heterocycles. The van der Waals surface area contributed by atoms with Crippen molar-refractivity contribution in [2.24, 2.45) is 0 Å². The van der Waals surface area contributed by atoms with Gasteiger partial charge in [0.2, 0.25) is 0 Å². The van der Waals surface area contributed by atoms with Gasteiger partial charge in [0, 0.05) is 17.6 Å². The molecule has 0 spiro atoms. The summed E-state index contributed by atoms with van der Waals surface area (Å²) >= 11 is 0. The monoisotopic (exact) mass is 247 g/mol. The van der Waals surface area contributed by atoms with Crippen molar-refractivity contribution in [2.45, 2.75) is 58.5 Å². The first kappa shape index (κ1) is 13.4. The van der Waals surface area contributed by atoms with Gasteiger partial charge in [-0.2, -0.15) is 0 Å². The van der Waals surface area contributed by atoms with Gasteiger partial charge in [0.05, 0.1) is 0 Å². The minimum absolute atomic E-state index is 0.304. The van der Waals surface area contributed by atoms with E-state index in [1.54, 1.807) is 0 Å². The number of aryl methyl sites for hydroxylation is 1. The van der Waals surface area contributed by atoms with Gasteiger partial charge in [-0.15, -0.1) is 0 Å². The Morgan fingerprint density at radius 1 is 1.33 bits per heavy atom. The second-order valence-corrected chi connectivity index (χ2v) is 5.51. The Bertz CT molecular complexity index is 396. The molecular weight excluding hydrogens is 222 g/mol. The lowest BCUT2D eigenvalue weighted by molar-refractivity contribution is 0.152. The quantitative estimate of drug-likeness (QED) is 0.868. The fourth-order valence-corrected chi connectivity index (χ4v) is 3.27. The molecule has 1 fully saturated rings. The number of phenols is 1. The first-order chi connectivity index (χ1) is 8.63. The van der Waals surface area contributed by atoms with Crippen LogP contribution in [0.3, 0.4) is 0 Å². The van der Waals surface area contributed by atoms with Crippen LogP contribution in [0.1, 0.15) is 56.7 Å². The number of aromatic hydroxyl groups is 1. The average Bonchev–Trinajstić information content (AvgIpc) is 2.87. The van der Waals surface area contributed by atoms with Crippen molar-refractivity contribution in [2.75, 3.05) is 6.54 Å². The summed E-state index contributed by atoms with van der Waals surface area (Å²) in [7, 11) is 0. The molecule has 1 saturated carbocycles. The molecule has 0 aliphatic heterocycles. The van der Waals surface area contributed by atoms with E-state index in [0.29, 0.717) is 17.8 Å². The highest BCUT2D eigenvalue weighted by Crippen LogP contribution is 2.34. The van der Waals surface area contributed by atoms with Crippen LogP contribution in [0.15, 0.2) is 18.2 Å². The standard InChI is InChI=1S/C16H25NO/c1-4-17(14-7-5-6-8-14)13(3)15-11-12(2)9-10-16(15)18/h9-11,13-14,18H,4-8H2,1-3H3. The molecule has 0 heterocycles. The molecule has 0 radical (unpaired) electrons. The minimum Gasteiger partial charge on any atom is -0.508 e. The van der Waals surface area contributed by atoms with Crippen molar-refractivity contribution in [1.82, 2.24) is 4.90 Å². The number of rotatable bonds is 4. The Morgan fingerprint density at radius 2 is 2.00 bits per heavy atom. The van der Waals surface area contributed by atoms with Crippen LogP contribution in [-0.4, -0.2) is 22.6 Å². The zero-order valence-electron chi connectivity index (χ0n) is 11.8. The van der Waals surface area contributed by atoms with Crippen molar-refractivity contribution in [3.05, 3.63) is 29.3 Å². The van der Waals surface area contributed by atoms with Crippen LogP contribution in [0.4, 0.5) is 0 Å². The third kappa shape index (κ3) is 2.69. The average molecular weight is 247 g/mol. The SMILES string of the molecule is CCN(C1CCCC1)C(C)c1cc(C)ccc1O. The van der Waals surface area contributed by atoms with Crippen molar-refractivity contribution < 1.29 is 5.11 Å². The van der Waals surface area contributed by atoms with E-state index in [1.165, 1.54) is 31.2 Å². The summed E-state index contributed by atoms with van der Waals surface area (Å²) in [6, 6.07) is 6.92. The summed E-state index contributed by atoms with van der Waals surface area (Å²) in [6.07, 6.45) is 5.33. The maximum Gasteiger partial charge on any atom is 0.120 e. The number of nitrogens with zero attached hydrogens (tertiary/aromatic N) is 1.